The van der Waals surface area contributed by atoms with Crippen LogP contribution in [0.4, 0.5) is 0 Å². The maximum atomic E-state index is 12.4. The van der Waals surface area contributed by atoms with Crippen LogP contribution in [-0.4, -0.2) is 27.0 Å². The Morgan fingerprint density at radius 3 is 2.76 bits per heavy atom. The van der Waals surface area contributed by atoms with Gasteiger partial charge in [-0.3, -0.25) is 10.2 Å². The van der Waals surface area contributed by atoms with E-state index in [1.807, 2.05) is 55.5 Å². The lowest BCUT2D eigenvalue weighted by Gasteiger charge is -2.20. The molecule has 0 saturated heterocycles. The van der Waals surface area contributed by atoms with Gasteiger partial charge in [-0.1, -0.05) is 43.3 Å². The molecule has 8 heteroatoms. The van der Waals surface area contributed by atoms with Crippen molar-refractivity contribution in [2.75, 3.05) is 0 Å². The van der Waals surface area contributed by atoms with E-state index < -0.39 is 5.91 Å². The number of amidine groups is 2. The molecular formula is C21H17BrN4O2S. The third kappa shape index (κ3) is 4.18. The number of hydrogen-bond acceptors (Lipinski definition) is 5. The van der Waals surface area contributed by atoms with Gasteiger partial charge in [0.2, 0.25) is 5.17 Å². The fourth-order valence-corrected chi connectivity index (χ4v) is 4.14. The molecule has 0 bridgehead atoms. The molecule has 0 fully saturated rings. The number of hydrogen-bond donors (Lipinski definition) is 1. The molecule has 0 spiro atoms. The van der Waals surface area contributed by atoms with Gasteiger partial charge >= 0.3 is 0 Å². The molecule has 0 aliphatic carbocycles. The average Bonchev–Trinajstić information content (AvgIpc) is 3.14. The van der Waals surface area contributed by atoms with E-state index in [1.165, 1.54) is 16.8 Å². The van der Waals surface area contributed by atoms with Crippen molar-refractivity contribution in [3.8, 4) is 5.75 Å². The van der Waals surface area contributed by atoms with Crippen molar-refractivity contribution < 1.29 is 9.53 Å². The number of ether oxygens (including phenoxy) is 1. The number of carbonyl (C=O) groups excluding carboxylic acids is 1. The Morgan fingerprint density at radius 2 is 2.03 bits per heavy atom. The summed E-state index contributed by atoms with van der Waals surface area (Å²) in [6, 6.07) is 15.5. The third-order valence-electron chi connectivity index (χ3n) is 4.30. The van der Waals surface area contributed by atoms with Gasteiger partial charge in [-0.2, -0.15) is 15.1 Å². The predicted molar refractivity (Wildman–Crippen MR) is 120 cm³/mol. The Labute approximate surface area is 181 Å². The molecule has 146 valence electrons. The Bertz CT molecular complexity index is 1080. The first-order valence-corrected chi connectivity index (χ1v) is 10.6. The Hall–Kier alpha value is -2.71. The molecule has 0 aromatic heterocycles. The van der Waals surface area contributed by atoms with Gasteiger partial charge in [0.1, 0.15) is 17.4 Å². The van der Waals surface area contributed by atoms with Gasteiger partial charge in [-0.05, 0) is 63.4 Å². The molecule has 4 rings (SSSR count). The molecule has 2 heterocycles. The SMILES string of the molecule is CCC1=NN2C(=N)C(=Cc3ccc(OCc4ccccc4)c(Br)c3)C(=O)N=C2S1. The van der Waals surface area contributed by atoms with Gasteiger partial charge in [0.15, 0.2) is 5.84 Å². The smallest absolute Gasteiger partial charge is 0.283 e. The largest absolute Gasteiger partial charge is 0.488 e. The second kappa shape index (κ2) is 8.34. The van der Waals surface area contributed by atoms with E-state index in [9.17, 15) is 4.79 Å². The molecule has 1 amide bonds. The highest BCUT2D eigenvalue weighted by Gasteiger charge is 2.35. The van der Waals surface area contributed by atoms with E-state index in [2.05, 4.69) is 26.0 Å². The van der Waals surface area contributed by atoms with E-state index >= 15 is 0 Å². The number of amides is 1. The number of halogens is 1. The van der Waals surface area contributed by atoms with E-state index in [1.54, 1.807) is 6.08 Å². The van der Waals surface area contributed by atoms with Crippen LogP contribution in [0.2, 0.25) is 0 Å². The van der Waals surface area contributed by atoms with Crippen molar-refractivity contribution in [3.63, 3.8) is 0 Å². The normalized spacial score (nSPS) is 17.3. The van der Waals surface area contributed by atoms with Crippen molar-refractivity contribution in [2.24, 2.45) is 10.1 Å². The van der Waals surface area contributed by atoms with E-state index in [-0.39, 0.29) is 11.4 Å². The molecule has 2 aliphatic heterocycles. The van der Waals surface area contributed by atoms with Crippen LogP contribution in [0.1, 0.15) is 24.5 Å². The summed E-state index contributed by atoms with van der Waals surface area (Å²) >= 11 is 4.85. The number of nitrogens with one attached hydrogen (secondary N) is 1. The summed E-state index contributed by atoms with van der Waals surface area (Å²) in [5.41, 5.74) is 2.05. The number of rotatable bonds is 5. The van der Waals surface area contributed by atoms with Crippen LogP contribution < -0.4 is 4.74 Å². The van der Waals surface area contributed by atoms with Crippen molar-refractivity contribution in [3.05, 3.63) is 69.7 Å². The topological polar surface area (TPSA) is 78.1 Å². The van der Waals surface area contributed by atoms with Gasteiger partial charge in [-0.15, -0.1) is 0 Å². The number of nitrogens with zero attached hydrogens (tertiary/aromatic N) is 3. The number of benzene rings is 2. The summed E-state index contributed by atoms with van der Waals surface area (Å²) in [6.45, 7) is 2.44. The maximum Gasteiger partial charge on any atom is 0.283 e. The number of fused-ring (bicyclic) bond motifs is 1. The Morgan fingerprint density at radius 1 is 1.24 bits per heavy atom. The number of aliphatic imine (C=N–C) groups is 1. The minimum absolute atomic E-state index is 0.0384. The molecule has 0 radical (unpaired) electrons. The molecule has 0 saturated carbocycles. The average molecular weight is 469 g/mol. The van der Waals surface area contributed by atoms with Crippen molar-refractivity contribution in [2.45, 2.75) is 20.0 Å². The van der Waals surface area contributed by atoms with Gasteiger partial charge in [0.25, 0.3) is 5.91 Å². The van der Waals surface area contributed by atoms with Gasteiger partial charge < -0.3 is 4.74 Å². The maximum absolute atomic E-state index is 12.4. The lowest BCUT2D eigenvalue weighted by atomic mass is 10.1. The molecule has 2 aliphatic rings. The minimum atomic E-state index is -0.429. The van der Waals surface area contributed by atoms with Gasteiger partial charge in [-0.25, -0.2) is 0 Å². The standard InChI is InChI=1S/C21H17BrN4O2S/c1-2-18-25-26-19(23)15(20(27)24-21(26)29-18)10-14-8-9-17(16(22)11-14)28-12-13-6-4-3-5-7-13/h3-11,23H,2,12H2,1H3. The minimum Gasteiger partial charge on any atom is -0.488 e. The zero-order valence-corrected chi connectivity index (χ0v) is 18.0. The fourth-order valence-electron chi connectivity index (χ4n) is 2.80. The zero-order valence-electron chi connectivity index (χ0n) is 15.6. The van der Waals surface area contributed by atoms with Crippen LogP contribution in [0.15, 0.2) is 68.7 Å². The lowest BCUT2D eigenvalue weighted by molar-refractivity contribution is -0.114. The number of carbonyl (C=O) groups is 1. The van der Waals surface area contributed by atoms with Crippen LogP contribution in [-0.2, 0) is 11.4 Å². The quantitative estimate of drug-likeness (QED) is 0.622. The fraction of sp³-hybridized carbons (Fsp3) is 0.143. The molecule has 6 nitrogen and oxygen atoms in total. The van der Waals surface area contributed by atoms with Gasteiger partial charge in [0.05, 0.1) is 10.0 Å². The Balaban J connectivity index is 1.54. The molecule has 1 N–H and O–H groups in total. The summed E-state index contributed by atoms with van der Waals surface area (Å²) in [5, 5.41) is 15.4. The third-order valence-corrected chi connectivity index (χ3v) is 5.98. The summed E-state index contributed by atoms with van der Waals surface area (Å²) in [7, 11) is 0. The van der Waals surface area contributed by atoms with Crippen molar-refractivity contribution in [1.29, 1.82) is 5.41 Å². The number of hydrazone groups is 1. The highest BCUT2D eigenvalue weighted by atomic mass is 79.9. The number of thioether (sulfide) groups is 1. The first-order valence-electron chi connectivity index (χ1n) is 9.00. The molecular weight excluding hydrogens is 452 g/mol. The summed E-state index contributed by atoms with van der Waals surface area (Å²) in [5.74, 6) is 0.313. The second-order valence-corrected chi connectivity index (χ2v) is 8.23. The molecule has 2 aromatic carbocycles. The highest BCUT2D eigenvalue weighted by Crippen LogP contribution is 2.31. The van der Waals surface area contributed by atoms with E-state index in [4.69, 9.17) is 10.1 Å². The summed E-state index contributed by atoms with van der Waals surface area (Å²) in [4.78, 5) is 16.5. The van der Waals surface area contributed by atoms with E-state index in [0.29, 0.717) is 17.5 Å². The predicted octanol–water partition coefficient (Wildman–Crippen LogP) is 5.06. The van der Waals surface area contributed by atoms with Crippen LogP contribution in [0.5, 0.6) is 5.75 Å². The monoisotopic (exact) mass is 468 g/mol. The van der Waals surface area contributed by atoms with Crippen molar-refractivity contribution >= 4 is 55.7 Å². The van der Waals surface area contributed by atoms with Crippen molar-refractivity contribution in [1.82, 2.24) is 5.01 Å². The van der Waals surface area contributed by atoms with Gasteiger partial charge in [0, 0.05) is 0 Å². The summed E-state index contributed by atoms with van der Waals surface area (Å²) in [6.07, 6.45) is 2.39. The first kappa shape index (κ1) is 19.6. The summed E-state index contributed by atoms with van der Waals surface area (Å²) < 4.78 is 6.63. The van der Waals surface area contributed by atoms with E-state index in [0.717, 1.165) is 27.1 Å². The molecule has 0 atom stereocenters. The van der Waals surface area contributed by atoms with Crippen LogP contribution >= 0.6 is 27.7 Å². The molecule has 2 aromatic rings. The zero-order chi connectivity index (χ0) is 20.4. The molecule has 0 unspecified atom stereocenters. The van der Waals surface area contributed by atoms with Crippen LogP contribution in [0.25, 0.3) is 6.08 Å². The second-order valence-electron chi connectivity index (χ2n) is 6.33. The first-order chi connectivity index (χ1) is 14.0. The van der Waals surface area contributed by atoms with Crippen LogP contribution in [0.3, 0.4) is 0 Å². The lowest BCUT2D eigenvalue weighted by Crippen LogP contribution is -2.35. The highest BCUT2D eigenvalue weighted by molar-refractivity contribution is 9.10. The Kier molecular flexibility index (Phi) is 5.64. The van der Waals surface area contributed by atoms with Crippen LogP contribution in [0, 0.1) is 5.41 Å². The molecule has 29 heavy (non-hydrogen) atoms.